The molecule has 0 unspecified atom stereocenters. The molecule has 1 aliphatic rings. The molecular formula is C17H20N2O4. The SMILES string of the molecule is CO[C@H]1CN(C(=O)Cc2coc(-c3ccccc3)n2)C[C@H]1OC. The van der Waals surface area contributed by atoms with E-state index in [0.717, 1.165) is 5.56 Å². The largest absolute Gasteiger partial charge is 0.444 e. The maximum atomic E-state index is 12.4. The summed E-state index contributed by atoms with van der Waals surface area (Å²) < 4.78 is 16.2. The van der Waals surface area contributed by atoms with Crippen molar-refractivity contribution in [2.45, 2.75) is 18.6 Å². The molecule has 0 spiro atoms. The molecule has 2 aromatic rings. The molecule has 0 aliphatic carbocycles. The molecule has 0 radical (unpaired) electrons. The summed E-state index contributed by atoms with van der Waals surface area (Å²) in [5.74, 6) is 0.527. The maximum absolute atomic E-state index is 12.4. The fourth-order valence-corrected chi connectivity index (χ4v) is 2.77. The van der Waals surface area contributed by atoms with E-state index in [2.05, 4.69) is 4.98 Å². The van der Waals surface area contributed by atoms with Gasteiger partial charge in [-0.15, -0.1) is 0 Å². The van der Waals surface area contributed by atoms with Gasteiger partial charge in [-0.1, -0.05) is 18.2 Å². The number of nitrogens with zero attached hydrogens (tertiary/aromatic N) is 2. The number of likely N-dealkylation sites (tertiary alicyclic amines) is 1. The van der Waals surface area contributed by atoms with Gasteiger partial charge in [0.25, 0.3) is 0 Å². The summed E-state index contributed by atoms with van der Waals surface area (Å²) >= 11 is 0. The van der Waals surface area contributed by atoms with E-state index in [4.69, 9.17) is 13.9 Å². The first-order valence-electron chi connectivity index (χ1n) is 7.54. The third-order valence-corrected chi connectivity index (χ3v) is 4.08. The Hall–Kier alpha value is -2.18. The average Bonchev–Trinajstić information content (AvgIpc) is 3.22. The minimum atomic E-state index is -0.0823. The van der Waals surface area contributed by atoms with Crippen LogP contribution < -0.4 is 0 Å². The smallest absolute Gasteiger partial charge is 0.228 e. The van der Waals surface area contributed by atoms with E-state index in [1.807, 2.05) is 30.3 Å². The predicted octanol–water partition coefficient (Wildman–Crippen LogP) is 1.76. The second-order valence-corrected chi connectivity index (χ2v) is 5.53. The molecule has 0 bridgehead atoms. The summed E-state index contributed by atoms with van der Waals surface area (Å²) in [6.45, 7) is 1.08. The molecular weight excluding hydrogens is 296 g/mol. The lowest BCUT2D eigenvalue weighted by molar-refractivity contribution is -0.130. The van der Waals surface area contributed by atoms with Crippen LogP contribution in [0.2, 0.25) is 0 Å². The van der Waals surface area contributed by atoms with Crippen LogP contribution in [-0.2, 0) is 20.7 Å². The number of benzene rings is 1. The highest BCUT2D eigenvalue weighted by Crippen LogP contribution is 2.20. The zero-order chi connectivity index (χ0) is 16.2. The van der Waals surface area contributed by atoms with Gasteiger partial charge in [-0.05, 0) is 12.1 Å². The highest BCUT2D eigenvalue weighted by atomic mass is 16.5. The van der Waals surface area contributed by atoms with Crippen molar-refractivity contribution in [2.24, 2.45) is 0 Å². The molecule has 6 heteroatoms. The van der Waals surface area contributed by atoms with Crippen molar-refractivity contribution < 1.29 is 18.7 Å². The number of ether oxygens (including phenoxy) is 2. The number of hydrogen-bond donors (Lipinski definition) is 0. The van der Waals surface area contributed by atoms with E-state index in [9.17, 15) is 4.79 Å². The van der Waals surface area contributed by atoms with Gasteiger partial charge in [0.2, 0.25) is 11.8 Å². The van der Waals surface area contributed by atoms with Crippen molar-refractivity contribution in [1.82, 2.24) is 9.88 Å². The molecule has 122 valence electrons. The number of oxazole rings is 1. The molecule has 1 amide bonds. The number of carbonyl (C=O) groups excluding carboxylic acids is 1. The molecule has 6 nitrogen and oxygen atoms in total. The Morgan fingerprint density at radius 2 is 1.87 bits per heavy atom. The van der Waals surface area contributed by atoms with Crippen LogP contribution in [0, 0.1) is 0 Å². The molecule has 1 aromatic carbocycles. The van der Waals surface area contributed by atoms with Crippen LogP contribution in [0.15, 0.2) is 41.0 Å². The molecule has 2 heterocycles. The van der Waals surface area contributed by atoms with Gasteiger partial charge in [-0.25, -0.2) is 4.98 Å². The Bertz CT molecular complexity index is 644. The van der Waals surface area contributed by atoms with Crippen LogP contribution in [0.4, 0.5) is 0 Å². The average molecular weight is 316 g/mol. The van der Waals surface area contributed by atoms with E-state index in [1.165, 1.54) is 6.26 Å². The molecule has 0 N–H and O–H groups in total. The lowest BCUT2D eigenvalue weighted by atomic mass is 10.2. The first-order chi connectivity index (χ1) is 11.2. The Labute approximate surface area is 135 Å². The lowest BCUT2D eigenvalue weighted by Crippen LogP contribution is -2.31. The second-order valence-electron chi connectivity index (χ2n) is 5.53. The lowest BCUT2D eigenvalue weighted by Gasteiger charge is -2.14. The first-order valence-corrected chi connectivity index (χ1v) is 7.54. The molecule has 1 saturated heterocycles. The van der Waals surface area contributed by atoms with Crippen molar-refractivity contribution in [3.8, 4) is 11.5 Å². The third-order valence-electron chi connectivity index (χ3n) is 4.08. The van der Waals surface area contributed by atoms with Crippen LogP contribution in [0.1, 0.15) is 5.69 Å². The Kier molecular flexibility index (Phi) is 4.73. The molecule has 3 rings (SSSR count). The topological polar surface area (TPSA) is 64.8 Å². The quantitative estimate of drug-likeness (QED) is 0.841. The summed E-state index contributed by atoms with van der Waals surface area (Å²) in [6.07, 6.45) is 1.59. The van der Waals surface area contributed by atoms with Gasteiger partial charge < -0.3 is 18.8 Å². The fourth-order valence-electron chi connectivity index (χ4n) is 2.77. The molecule has 23 heavy (non-hydrogen) atoms. The summed E-state index contributed by atoms with van der Waals surface area (Å²) in [6, 6.07) is 9.62. The van der Waals surface area contributed by atoms with Crippen molar-refractivity contribution in [3.05, 3.63) is 42.3 Å². The van der Waals surface area contributed by atoms with Gasteiger partial charge >= 0.3 is 0 Å². The number of aromatic nitrogens is 1. The minimum Gasteiger partial charge on any atom is -0.444 e. The monoisotopic (exact) mass is 316 g/mol. The number of rotatable bonds is 5. The highest BCUT2D eigenvalue weighted by molar-refractivity contribution is 5.78. The number of methoxy groups -OCH3 is 2. The maximum Gasteiger partial charge on any atom is 0.228 e. The van der Waals surface area contributed by atoms with E-state index in [0.29, 0.717) is 24.7 Å². The summed E-state index contributed by atoms with van der Waals surface area (Å²) in [4.78, 5) is 18.6. The second kappa shape index (κ2) is 6.93. The Balaban J connectivity index is 1.64. The van der Waals surface area contributed by atoms with E-state index >= 15 is 0 Å². The van der Waals surface area contributed by atoms with Crippen molar-refractivity contribution >= 4 is 5.91 Å². The van der Waals surface area contributed by atoms with Crippen LogP contribution in [0.25, 0.3) is 11.5 Å². The zero-order valence-electron chi connectivity index (χ0n) is 13.3. The molecule has 2 atom stereocenters. The zero-order valence-corrected chi connectivity index (χ0v) is 13.3. The van der Waals surface area contributed by atoms with Crippen LogP contribution in [0.3, 0.4) is 0 Å². The first kappa shape index (κ1) is 15.7. The fraction of sp³-hybridized carbons (Fsp3) is 0.412. The Morgan fingerprint density at radius 3 is 2.48 bits per heavy atom. The van der Waals surface area contributed by atoms with Crippen molar-refractivity contribution in [2.75, 3.05) is 27.3 Å². The number of amides is 1. The number of hydrogen-bond acceptors (Lipinski definition) is 5. The van der Waals surface area contributed by atoms with Gasteiger partial charge in [-0.2, -0.15) is 0 Å². The molecule has 1 fully saturated rings. The number of carbonyl (C=O) groups is 1. The highest BCUT2D eigenvalue weighted by Gasteiger charge is 2.35. The van der Waals surface area contributed by atoms with E-state index in [1.54, 1.807) is 19.1 Å². The van der Waals surface area contributed by atoms with Crippen LogP contribution >= 0.6 is 0 Å². The Morgan fingerprint density at radius 1 is 1.22 bits per heavy atom. The van der Waals surface area contributed by atoms with Crippen molar-refractivity contribution in [1.29, 1.82) is 0 Å². The third kappa shape index (κ3) is 3.43. The summed E-state index contributed by atoms with van der Waals surface area (Å²) in [5.41, 5.74) is 1.52. The van der Waals surface area contributed by atoms with Gasteiger partial charge in [0, 0.05) is 32.9 Å². The predicted molar refractivity (Wildman–Crippen MR) is 83.8 cm³/mol. The van der Waals surface area contributed by atoms with Gasteiger partial charge in [0.1, 0.15) is 18.5 Å². The van der Waals surface area contributed by atoms with Gasteiger partial charge in [0.15, 0.2) is 0 Å². The summed E-state index contributed by atoms with van der Waals surface area (Å²) in [5, 5.41) is 0. The standard InChI is InChI=1S/C17H20N2O4/c1-21-14-9-19(10-15(14)22-2)16(20)8-13-11-23-17(18-13)12-6-4-3-5-7-12/h3-7,11,14-15H,8-10H2,1-2H3/t14-,15+. The van der Waals surface area contributed by atoms with Crippen molar-refractivity contribution in [3.63, 3.8) is 0 Å². The normalized spacial score (nSPS) is 20.9. The van der Waals surface area contributed by atoms with Gasteiger partial charge in [0.05, 0.1) is 12.1 Å². The van der Waals surface area contributed by atoms with Crippen LogP contribution in [-0.4, -0.2) is 55.3 Å². The van der Waals surface area contributed by atoms with Gasteiger partial charge in [-0.3, -0.25) is 4.79 Å². The minimum absolute atomic E-state index is 0.000452. The molecule has 1 aromatic heterocycles. The molecule has 1 aliphatic heterocycles. The summed E-state index contributed by atoms with van der Waals surface area (Å²) in [7, 11) is 3.27. The van der Waals surface area contributed by atoms with E-state index < -0.39 is 0 Å². The molecule has 0 saturated carbocycles. The van der Waals surface area contributed by atoms with E-state index in [-0.39, 0.29) is 24.5 Å². The van der Waals surface area contributed by atoms with Crippen LogP contribution in [0.5, 0.6) is 0 Å².